The maximum absolute atomic E-state index is 4.21. The van der Waals surface area contributed by atoms with Gasteiger partial charge in [0.25, 0.3) is 0 Å². The fourth-order valence-corrected chi connectivity index (χ4v) is 2.80. The molecule has 2 heterocycles. The van der Waals surface area contributed by atoms with Crippen molar-refractivity contribution in [2.24, 2.45) is 0 Å². The van der Waals surface area contributed by atoms with Crippen LogP contribution < -0.4 is 10.2 Å². The first-order valence-electron chi connectivity index (χ1n) is 7.60. The first-order valence-corrected chi connectivity index (χ1v) is 7.60. The van der Waals surface area contributed by atoms with Crippen LogP contribution in [0.25, 0.3) is 6.20 Å². The molecule has 2 aromatic rings. The summed E-state index contributed by atoms with van der Waals surface area (Å²) in [4.78, 5) is 2.49. The van der Waals surface area contributed by atoms with E-state index in [-0.39, 0.29) is 0 Å². The molecule has 21 heavy (non-hydrogen) atoms. The highest BCUT2D eigenvalue weighted by Crippen LogP contribution is 2.28. The van der Waals surface area contributed by atoms with Crippen LogP contribution in [0.5, 0.6) is 0 Å². The molecule has 1 aliphatic rings. The number of para-hydroxylation sites is 2. The van der Waals surface area contributed by atoms with Crippen molar-refractivity contribution in [3.63, 3.8) is 0 Å². The average Bonchev–Trinajstić information content (AvgIpc) is 3.02. The first kappa shape index (κ1) is 13.7. The molecule has 0 aliphatic carbocycles. The lowest BCUT2D eigenvalue weighted by Gasteiger charge is -2.30. The fourth-order valence-electron chi connectivity index (χ4n) is 2.80. The minimum Gasteiger partial charge on any atom is -0.379 e. The lowest BCUT2D eigenvalue weighted by molar-refractivity contribution is 0.578. The number of nitrogens with one attached hydrogen (secondary N) is 1. The number of hydrogen-bond acceptors (Lipinski definition) is 3. The van der Waals surface area contributed by atoms with E-state index < -0.39 is 0 Å². The normalized spacial score (nSPS) is 15.0. The lowest BCUT2D eigenvalue weighted by Crippen LogP contribution is -2.30. The Balaban J connectivity index is 1.71. The molecule has 0 radical (unpaired) electrons. The average molecular weight is 282 g/mol. The van der Waals surface area contributed by atoms with Crippen LogP contribution in [0.2, 0.25) is 0 Å². The number of aromatic nitrogens is 2. The molecule has 1 aromatic carbocycles. The molecule has 110 valence electrons. The molecule has 0 atom stereocenters. The number of benzene rings is 1. The van der Waals surface area contributed by atoms with Crippen LogP contribution in [0.15, 0.2) is 43.2 Å². The SMILES string of the molecule is C=Cn1cc(CNc2ccccc2N2CCCCC2)cn1. The number of anilines is 2. The summed E-state index contributed by atoms with van der Waals surface area (Å²) in [6.45, 7) is 6.81. The Morgan fingerprint density at radius 2 is 2.00 bits per heavy atom. The summed E-state index contributed by atoms with van der Waals surface area (Å²) >= 11 is 0. The highest BCUT2D eigenvalue weighted by Gasteiger charge is 2.13. The summed E-state index contributed by atoms with van der Waals surface area (Å²) in [6.07, 6.45) is 9.50. The molecule has 1 aliphatic heterocycles. The van der Waals surface area contributed by atoms with Crippen molar-refractivity contribution < 1.29 is 0 Å². The molecule has 3 rings (SSSR count). The molecule has 0 spiro atoms. The van der Waals surface area contributed by atoms with E-state index in [4.69, 9.17) is 0 Å². The minimum absolute atomic E-state index is 0.776. The fraction of sp³-hybridized carbons (Fsp3) is 0.353. The predicted molar refractivity (Wildman–Crippen MR) is 88.4 cm³/mol. The van der Waals surface area contributed by atoms with E-state index in [9.17, 15) is 0 Å². The quantitative estimate of drug-likeness (QED) is 0.910. The van der Waals surface area contributed by atoms with E-state index in [2.05, 4.69) is 46.2 Å². The van der Waals surface area contributed by atoms with Gasteiger partial charge in [-0.05, 0) is 31.4 Å². The van der Waals surface area contributed by atoms with Crippen molar-refractivity contribution in [2.75, 3.05) is 23.3 Å². The Kier molecular flexibility index (Phi) is 4.24. The van der Waals surface area contributed by atoms with Gasteiger partial charge < -0.3 is 10.2 Å². The van der Waals surface area contributed by atoms with Gasteiger partial charge in [0, 0.05) is 37.6 Å². The summed E-state index contributed by atoms with van der Waals surface area (Å²) in [5, 5.41) is 7.74. The van der Waals surface area contributed by atoms with Crippen LogP contribution in [0.4, 0.5) is 11.4 Å². The second-order valence-corrected chi connectivity index (χ2v) is 5.43. The third kappa shape index (κ3) is 3.27. The summed E-state index contributed by atoms with van der Waals surface area (Å²) in [6, 6.07) is 8.57. The van der Waals surface area contributed by atoms with Crippen LogP contribution in [0.3, 0.4) is 0 Å². The van der Waals surface area contributed by atoms with E-state index in [1.54, 1.807) is 10.9 Å². The van der Waals surface area contributed by atoms with E-state index >= 15 is 0 Å². The summed E-state index contributed by atoms with van der Waals surface area (Å²) < 4.78 is 1.73. The van der Waals surface area contributed by atoms with Crippen LogP contribution in [-0.2, 0) is 6.54 Å². The monoisotopic (exact) mass is 282 g/mol. The van der Waals surface area contributed by atoms with Crippen LogP contribution >= 0.6 is 0 Å². The van der Waals surface area contributed by atoms with Crippen molar-refractivity contribution >= 4 is 17.6 Å². The topological polar surface area (TPSA) is 33.1 Å². The molecule has 0 bridgehead atoms. The third-order valence-electron chi connectivity index (χ3n) is 3.93. The van der Waals surface area contributed by atoms with Gasteiger partial charge in [-0.3, -0.25) is 0 Å². The number of nitrogens with zero attached hydrogens (tertiary/aromatic N) is 3. The Morgan fingerprint density at radius 3 is 2.76 bits per heavy atom. The molecule has 1 N–H and O–H groups in total. The van der Waals surface area contributed by atoms with E-state index in [0.29, 0.717) is 0 Å². The Bertz CT molecular complexity index is 596. The Hall–Kier alpha value is -2.23. The van der Waals surface area contributed by atoms with Crippen molar-refractivity contribution in [3.8, 4) is 0 Å². The number of hydrogen-bond donors (Lipinski definition) is 1. The molecule has 4 heteroatoms. The van der Waals surface area contributed by atoms with Gasteiger partial charge in [0.1, 0.15) is 0 Å². The van der Waals surface area contributed by atoms with Crippen molar-refractivity contribution in [3.05, 3.63) is 48.8 Å². The van der Waals surface area contributed by atoms with Gasteiger partial charge in [-0.2, -0.15) is 5.10 Å². The summed E-state index contributed by atoms with van der Waals surface area (Å²) in [7, 11) is 0. The summed E-state index contributed by atoms with van der Waals surface area (Å²) in [5.74, 6) is 0. The highest BCUT2D eigenvalue weighted by molar-refractivity contribution is 5.70. The Morgan fingerprint density at radius 1 is 1.19 bits per heavy atom. The maximum atomic E-state index is 4.21. The maximum Gasteiger partial charge on any atom is 0.0602 e. The summed E-state index contributed by atoms with van der Waals surface area (Å²) in [5.41, 5.74) is 3.67. The molecule has 1 aromatic heterocycles. The lowest BCUT2D eigenvalue weighted by atomic mass is 10.1. The van der Waals surface area contributed by atoms with Gasteiger partial charge in [0.2, 0.25) is 0 Å². The Labute approximate surface area is 126 Å². The van der Waals surface area contributed by atoms with E-state index in [1.165, 1.54) is 30.6 Å². The molecule has 4 nitrogen and oxygen atoms in total. The molecular formula is C17H22N4. The van der Waals surface area contributed by atoms with Gasteiger partial charge >= 0.3 is 0 Å². The van der Waals surface area contributed by atoms with Gasteiger partial charge in [0.15, 0.2) is 0 Å². The first-order chi connectivity index (χ1) is 10.4. The standard InChI is InChI=1S/C17H22N4/c1-2-21-14-15(13-19-21)12-18-16-8-4-5-9-17(16)20-10-6-3-7-11-20/h2,4-5,8-9,13-14,18H,1,3,6-7,10-12H2. The molecular weight excluding hydrogens is 260 g/mol. The zero-order valence-electron chi connectivity index (χ0n) is 12.3. The van der Waals surface area contributed by atoms with E-state index in [1.807, 2.05) is 12.4 Å². The zero-order valence-corrected chi connectivity index (χ0v) is 12.3. The van der Waals surface area contributed by atoms with Crippen molar-refractivity contribution in [1.82, 2.24) is 9.78 Å². The second-order valence-electron chi connectivity index (χ2n) is 5.43. The van der Waals surface area contributed by atoms with Crippen LogP contribution in [0, 0.1) is 0 Å². The van der Waals surface area contributed by atoms with Gasteiger partial charge in [-0.1, -0.05) is 18.7 Å². The second kappa shape index (κ2) is 6.48. The third-order valence-corrected chi connectivity index (χ3v) is 3.93. The van der Waals surface area contributed by atoms with Gasteiger partial charge in [-0.25, -0.2) is 4.68 Å². The van der Waals surface area contributed by atoms with Crippen molar-refractivity contribution in [1.29, 1.82) is 0 Å². The molecule has 1 saturated heterocycles. The molecule has 1 fully saturated rings. The smallest absolute Gasteiger partial charge is 0.0602 e. The van der Waals surface area contributed by atoms with Crippen LogP contribution in [0.1, 0.15) is 24.8 Å². The zero-order chi connectivity index (χ0) is 14.5. The van der Waals surface area contributed by atoms with Gasteiger partial charge in [0.05, 0.1) is 17.6 Å². The molecule has 0 unspecified atom stereocenters. The predicted octanol–water partition coefficient (Wildman–Crippen LogP) is 3.59. The number of rotatable bonds is 5. The molecule has 0 amide bonds. The van der Waals surface area contributed by atoms with Crippen LogP contribution in [-0.4, -0.2) is 22.9 Å². The van der Waals surface area contributed by atoms with E-state index in [0.717, 1.165) is 25.2 Å². The van der Waals surface area contributed by atoms with Crippen molar-refractivity contribution in [2.45, 2.75) is 25.8 Å². The molecule has 0 saturated carbocycles. The largest absolute Gasteiger partial charge is 0.379 e. The minimum atomic E-state index is 0.776. The highest BCUT2D eigenvalue weighted by atomic mass is 15.2. The van der Waals surface area contributed by atoms with Gasteiger partial charge in [-0.15, -0.1) is 0 Å². The number of piperidine rings is 1.